The van der Waals surface area contributed by atoms with Crippen molar-refractivity contribution in [2.45, 2.75) is 0 Å². The monoisotopic (exact) mass is 602 g/mol. The van der Waals surface area contributed by atoms with Gasteiger partial charge in [0.15, 0.2) is 0 Å². The molecular weight excluding hydrogens is 593 g/mol. The second kappa shape index (κ2) is 10.3. The van der Waals surface area contributed by atoms with Gasteiger partial charge < -0.3 is 0 Å². The number of rotatable bonds is 0. The van der Waals surface area contributed by atoms with E-state index in [1.807, 2.05) is 0 Å². The van der Waals surface area contributed by atoms with Crippen molar-refractivity contribution >= 4 is 104 Å². The molecule has 0 aliphatic rings. The molecule has 0 N–H and O–H groups in total. The Labute approximate surface area is 128 Å². The van der Waals surface area contributed by atoms with Crippen LogP contribution in [0.2, 0.25) is 0 Å². The van der Waals surface area contributed by atoms with Gasteiger partial charge in [-0.3, -0.25) is 0 Å². The summed E-state index contributed by atoms with van der Waals surface area (Å²) in [5, 5.41) is 0. The van der Waals surface area contributed by atoms with Crippen molar-refractivity contribution in [1.29, 1.82) is 0 Å². The predicted molar refractivity (Wildman–Crippen MR) is 28.6 cm³/mol. The topological polar surface area (TPSA) is 161 Å². The van der Waals surface area contributed by atoms with E-state index in [4.69, 9.17) is 26.3 Å². The first kappa shape index (κ1) is 24.1. The summed E-state index contributed by atoms with van der Waals surface area (Å²) in [4.78, 5) is 0. The van der Waals surface area contributed by atoms with Crippen LogP contribution in [0.15, 0.2) is 0 Å². The van der Waals surface area contributed by atoms with Crippen molar-refractivity contribution in [3.63, 3.8) is 0 Å². The summed E-state index contributed by atoms with van der Waals surface area (Å²) < 4.78 is 69.0. The first-order valence-corrected chi connectivity index (χ1v) is 8.94. The van der Waals surface area contributed by atoms with Crippen LogP contribution in [-0.4, -0.2) is 104 Å². The number of hydrogen-bond acceptors (Lipinski definition) is 8. The number of hydrogen-bond donors (Lipinski definition) is 0. The molecule has 0 saturated carbocycles. The molecule has 68 valence electrons. The average Bonchev–Trinajstić information content (AvgIpc) is 1.12. The van der Waals surface area contributed by atoms with Gasteiger partial charge in [0, 0.05) is 0 Å². The Morgan fingerprint density at radius 2 is 0.667 bits per heavy atom. The van der Waals surface area contributed by atoms with Crippen LogP contribution in [0.5, 0.6) is 0 Å². The summed E-state index contributed by atoms with van der Waals surface area (Å²) in [6.07, 6.45) is 0. The molecule has 0 heterocycles. The zero-order valence-corrected chi connectivity index (χ0v) is 17.6. The maximum absolute atomic E-state index is 8.63. The van der Waals surface area contributed by atoms with E-state index in [1.54, 1.807) is 0 Å². The molecule has 12 heteroatoms. The molecule has 0 unspecified atom stereocenters. The Morgan fingerprint density at radius 3 is 0.667 bits per heavy atom. The maximum atomic E-state index is 8.63. The first-order chi connectivity index (χ1) is 4.00. The van der Waals surface area contributed by atoms with E-state index < -0.39 is 37.9 Å². The van der Waals surface area contributed by atoms with Gasteiger partial charge in [-0.2, -0.15) is 0 Å². The van der Waals surface area contributed by atoms with Crippen molar-refractivity contribution in [2.24, 2.45) is 0 Å². The van der Waals surface area contributed by atoms with Crippen LogP contribution < -0.4 is 13.9 Å². The van der Waals surface area contributed by atoms with Gasteiger partial charge in [-0.15, -0.1) is 0 Å². The van der Waals surface area contributed by atoms with Crippen LogP contribution in [0.25, 0.3) is 0 Å². The van der Waals surface area contributed by atoms with Crippen molar-refractivity contribution < 1.29 is 26.3 Å². The zero-order chi connectivity index (χ0) is 9.00. The van der Waals surface area contributed by atoms with Crippen LogP contribution in [0, 0.1) is 0 Å². The molecule has 0 amide bonds. The van der Waals surface area contributed by atoms with E-state index in [0.717, 1.165) is 0 Å². The van der Waals surface area contributed by atoms with E-state index in [0.29, 0.717) is 0 Å². The summed E-state index contributed by atoms with van der Waals surface area (Å²) in [7, 11) is 0. The molecule has 0 rings (SSSR count). The third-order valence-corrected chi connectivity index (χ3v) is 0. The molecule has 0 aromatic heterocycles. The standard InChI is InChI=1S/Ba.GeH2.2H2O4Te/c;;2*1-5(2,3)4/h;1H2;2*(H2,1,2,3,4)/q2*+2;;/p-4. The van der Waals surface area contributed by atoms with E-state index in [1.165, 1.54) is 0 Å². The normalized spacial score (nSPS) is 9.67. The van der Waals surface area contributed by atoms with Gasteiger partial charge in [0.1, 0.15) is 0 Å². The molecule has 0 radical (unpaired) electrons. The van der Waals surface area contributed by atoms with Crippen LogP contribution in [0.1, 0.15) is 0 Å². The van der Waals surface area contributed by atoms with Crippen LogP contribution in [-0.2, 0) is 12.4 Å². The quantitative estimate of drug-likeness (QED) is 0.250. The van der Waals surface area contributed by atoms with E-state index >= 15 is 0 Å². The molecule has 0 bridgehead atoms. The van der Waals surface area contributed by atoms with Gasteiger partial charge in [-0.05, 0) is 0 Å². The average molecular weight is 595 g/mol. The van der Waals surface area contributed by atoms with Gasteiger partial charge in [0.25, 0.3) is 0 Å². The summed E-state index contributed by atoms with van der Waals surface area (Å²) >= 11 is -12.0. The SMILES string of the molecule is O=[Te](=O)([O-])[O-].O=[Te](=O)([O-])[O-].[Ba+2].[GeH2+2]. The van der Waals surface area contributed by atoms with E-state index in [9.17, 15) is 0 Å². The van der Waals surface area contributed by atoms with Crippen LogP contribution in [0.4, 0.5) is 0 Å². The third-order valence-electron chi connectivity index (χ3n) is 0. The summed E-state index contributed by atoms with van der Waals surface area (Å²) in [5.41, 5.74) is 0. The van der Waals surface area contributed by atoms with Crippen molar-refractivity contribution in [3.05, 3.63) is 0 Å². The minimum atomic E-state index is -6.02. The first-order valence-electron chi connectivity index (χ1n) is 1.33. The minimum absolute atomic E-state index is 0. The molecule has 0 aromatic rings. The van der Waals surface area contributed by atoms with Crippen molar-refractivity contribution in [2.75, 3.05) is 0 Å². The molecule has 0 spiro atoms. The van der Waals surface area contributed by atoms with E-state index in [-0.39, 0.29) is 66.5 Å². The van der Waals surface area contributed by atoms with Gasteiger partial charge in [0.05, 0.1) is 0 Å². The van der Waals surface area contributed by atoms with Gasteiger partial charge in [0.2, 0.25) is 0 Å². The second-order valence-electron chi connectivity index (χ2n) is 0.816. The Balaban J connectivity index is -0.0000000457. The summed E-state index contributed by atoms with van der Waals surface area (Å²) in [6, 6.07) is 0. The molecule has 0 aliphatic heterocycles. The van der Waals surface area contributed by atoms with E-state index in [2.05, 4.69) is 0 Å². The van der Waals surface area contributed by atoms with Gasteiger partial charge in [-0.1, -0.05) is 0 Å². The van der Waals surface area contributed by atoms with Gasteiger partial charge in [-0.25, -0.2) is 0 Å². The Kier molecular flexibility index (Phi) is 20.6. The fourth-order valence-corrected chi connectivity index (χ4v) is 0. The second-order valence-corrected chi connectivity index (χ2v) is 5.48. The molecule has 0 aromatic carbocycles. The molecule has 12 heavy (non-hydrogen) atoms. The predicted octanol–water partition coefficient (Wildman–Crippen LogP) is -7.29. The Hall–Kier alpha value is 2.73. The molecule has 0 aliphatic carbocycles. The summed E-state index contributed by atoms with van der Waals surface area (Å²) in [6.45, 7) is 0. The molecule has 0 saturated heterocycles. The van der Waals surface area contributed by atoms with Crippen LogP contribution in [0.3, 0.4) is 0 Å². The van der Waals surface area contributed by atoms with Crippen LogP contribution >= 0.6 is 0 Å². The zero-order valence-electron chi connectivity index (χ0n) is 5.50. The van der Waals surface area contributed by atoms with Crippen molar-refractivity contribution in [3.8, 4) is 0 Å². The Morgan fingerprint density at radius 1 is 0.667 bits per heavy atom. The Bertz CT molecular complexity index is 213. The third kappa shape index (κ3) is 235. The fraction of sp³-hybridized carbons (Fsp3) is 0. The fourth-order valence-electron chi connectivity index (χ4n) is 0. The molecular formula is H2BaGeO8Te2. The molecule has 8 nitrogen and oxygen atoms in total. The van der Waals surface area contributed by atoms with Crippen molar-refractivity contribution in [1.82, 2.24) is 0 Å². The molecule has 0 atom stereocenters. The summed E-state index contributed by atoms with van der Waals surface area (Å²) in [5.74, 6) is 0. The van der Waals surface area contributed by atoms with Gasteiger partial charge >= 0.3 is 131 Å². The molecule has 0 fully saturated rings.